The van der Waals surface area contributed by atoms with E-state index in [9.17, 15) is 4.79 Å². The van der Waals surface area contributed by atoms with E-state index in [0.29, 0.717) is 28.0 Å². The van der Waals surface area contributed by atoms with Gasteiger partial charge in [0.05, 0.1) is 6.61 Å². The Kier molecular flexibility index (Phi) is 4.76. The molecule has 0 radical (unpaired) electrons. The van der Waals surface area contributed by atoms with Crippen LogP contribution >= 0.6 is 34.5 Å². The molecule has 1 aromatic heterocycles. The number of carbonyl (C=O) groups excluding carboxylic acids is 1. The highest BCUT2D eigenvalue weighted by atomic mass is 35.5. The molecule has 0 atom stereocenters. The Labute approximate surface area is 124 Å². The molecule has 0 unspecified atom stereocenters. The lowest BCUT2D eigenvalue weighted by molar-refractivity contribution is 0.102. The Morgan fingerprint density at radius 1 is 1.37 bits per heavy atom. The number of halogens is 2. The van der Waals surface area contributed by atoms with Crippen molar-refractivity contribution < 1.29 is 9.53 Å². The number of rotatable bonds is 4. The van der Waals surface area contributed by atoms with Crippen LogP contribution in [0.2, 0.25) is 10.0 Å². The molecule has 0 bridgehead atoms. The fourth-order valence-electron chi connectivity index (χ4n) is 1.43. The average molecular weight is 317 g/mol. The van der Waals surface area contributed by atoms with E-state index in [2.05, 4.69) is 10.3 Å². The predicted octanol–water partition coefficient (Wildman–Crippen LogP) is 3.85. The van der Waals surface area contributed by atoms with Crippen molar-refractivity contribution >= 4 is 46.1 Å². The van der Waals surface area contributed by atoms with Crippen molar-refractivity contribution in [2.75, 3.05) is 12.4 Å². The van der Waals surface area contributed by atoms with Gasteiger partial charge in [0.25, 0.3) is 5.91 Å². The highest BCUT2D eigenvalue weighted by Gasteiger charge is 2.11. The van der Waals surface area contributed by atoms with Gasteiger partial charge in [0.15, 0.2) is 0 Å². The minimum Gasteiger partial charge on any atom is -0.378 e. The highest BCUT2D eigenvalue weighted by Crippen LogP contribution is 2.23. The zero-order valence-electron chi connectivity index (χ0n) is 9.94. The number of hydrogen-bond donors (Lipinski definition) is 1. The first-order valence-corrected chi connectivity index (χ1v) is 6.93. The maximum Gasteiger partial charge on any atom is 0.275 e. The molecule has 0 aliphatic rings. The van der Waals surface area contributed by atoms with E-state index in [1.54, 1.807) is 30.7 Å². The van der Waals surface area contributed by atoms with E-state index >= 15 is 0 Å². The number of methoxy groups -OCH3 is 1. The van der Waals surface area contributed by atoms with Crippen LogP contribution in [0.4, 0.5) is 5.69 Å². The van der Waals surface area contributed by atoms with E-state index in [0.717, 1.165) is 5.01 Å². The van der Waals surface area contributed by atoms with Crippen LogP contribution in [0.3, 0.4) is 0 Å². The monoisotopic (exact) mass is 316 g/mol. The maximum absolute atomic E-state index is 12.0. The predicted molar refractivity (Wildman–Crippen MR) is 77.2 cm³/mol. The fraction of sp³-hybridized carbons (Fsp3) is 0.167. The Morgan fingerprint density at radius 3 is 2.68 bits per heavy atom. The topological polar surface area (TPSA) is 51.2 Å². The molecule has 1 aromatic carbocycles. The molecule has 0 fully saturated rings. The molecule has 4 nitrogen and oxygen atoms in total. The average Bonchev–Trinajstić information content (AvgIpc) is 2.76. The van der Waals surface area contributed by atoms with Gasteiger partial charge in [0, 0.05) is 28.2 Å². The lowest BCUT2D eigenvalue weighted by Gasteiger charge is -2.04. The molecule has 1 N–H and O–H groups in total. The third kappa shape index (κ3) is 3.91. The van der Waals surface area contributed by atoms with Crippen LogP contribution in [0.25, 0.3) is 0 Å². The van der Waals surface area contributed by atoms with Gasteiger partial charge in [-0.3, -0.25) is 4.79 Å². The summed E-state index contributed by atoms with van der Waals surface area (Å²) in [6, 6.07) is 4.83. The number of carbonyl (C=O) groups is 1. The smallest absolute Gasteiger partial charge is 0.275 e. The first-order chi connectivity index (χ1) is 9.08. The van der Waals surface area contributed by atoms with Gasteiger partial charge in [-0.25, -0.2) is 4.98 Å². The third-order valence-electron chi connectivity index (χ3n) is 2.17. The van der Waals surface area contributed by atoms with Crippen molar-refractivity contribution in [1.82, 2.24) is 4.98 Å². The number of thiazole rings is 1. The SMILES string of the molecule is COCc1nc(C(=O)Nc2cc(Cl)cc(Cl)c2)cs1. The zero-order valence-corrected chi connectivity index (χ0v) is 12.3. The molecule has 2 rings (SSSR count). The van der Waals surface area contributed by atoms with Crippen molar-refractivity contribution in [2.24, 2.45) is 0 Å². The summed E-state index contributed by atoms with van der Waals surface area (Å²) in [5, 5.41) is 6.03. The van der Waals surface area contributed by atoms with Gasteiger partial charge in [0.2, 0.25) is 0 Å². The van der Waals surface area contributed by atoms with Crippen LogP contribution in [0.1, 0.15) is 15.5 Å². The van der Waals surface area contributed by atoms with Crippen LogP contribution in [0.15, 0.2) is 23.6 Å². The van der Waals surface area contributed by atoms with Gasteiger partial charge < -0.3 is 10.1 Å². The Balaban J connectivity index is 2.11. The molecule has 2 aromatic rings. The molecular formula is C12H10Cl2N2O2S. The normalized spacial score (nSPS) is 10.5. The molecule has 0 saturated carbocycles. The zero-order chi connectivity index (χ0) is 13.8. The first-order valence-electron chi connectivity index (χ1n) is 5.29. The van der Waals surface area contributed by atoms with Gasteiger partial charge in [-0.2, -0.15) is 0 Å². The standard InChI is InChI=1S/C12H10Cl2N2O2S/c1-18-5-11-16-10(6-19-11)12(17)15-9-3-7(13)2-8(14)4-9/h2-4,6H,5H2,1H3,(H,15,17). The molecule has 1 heterocycles. The number of hydrogen-bond acceptors (Lipinski definition) is 4. The van der Waals surface area contributed by atoms with E-state index < -0.39 is 0 Å². The van der Waals surface area contributed by atoms with E-state index in [-0.39, 0.29) is 5.91 Å². The van der Waals surface area contributed by atoms with Gasteiger partial charge >= 0.3 is 0 Å². The molecule has 0 spiro atoms. The number of nitrogens with one attached hydrogen (secondary N) is 1. The van der Waals surface area contributed by atoms with Crippen molar-refractivity contribution in [2.45, 2.75) is 6.61 Å². The number of ether oxygens (including phenoxy) is 1. The summed E-state index contributed by atoms with van der Waals surface area (Å²) < 4.78 is 4.95. The van der Waals surface area contributed by atoms with Crippen LogP contribution < -0.4 is 5.32 Å². The van der Waals surface area contributed by atoms with E-state index in [1.807, 2.05) is 0 Å². The number of benzene rings is 1. The summed E-state index contributed by atoms with van der Waals surface area (Å²) in [5.41, 5.74) is 0.872. The Morgan fingerprint density at radius 2 is 2.05 bits per heavy atom. The van der Waals surface area contributed by atoms with Crippen molar-refractivity contribution in [3.63, 3.8) is 0 Å². The first kappa shape index (κ1) is 14.3. The van der Waals surface area contributed by atoms with Crippen molar-refractivity contribution in [3.8, 4) is 0 Å². The summed E-state index contributed by atoms with van der Waals surface area (Å²) in [4.78, 5) is 16.1. The molecule has 1 amide bonds. The molecule has 7 heteroatoms. The van der Waals surface area contributed by atoms with E-state index in [1.165, 1.54) is 11.3 Å². The lowest BCUT2D eigenvalue weighted by Crippen LogP contribution is -2.12. The third-order valence-corrected chi connectivity index (χ3v) is 3.43. The van der Waals surface area contributed by atoms with Crippen LogP contribution in [0, 0.1) is 0 Å². The second-order valence-corrected chi connectivity index (χ2v) is 5.49. The van der Waals surface area contributed by atoms with Crippen molar-refractivity contribution in [1.29, 1.82) is 0 Å². The van der Waals surface area contributed by atoms with Crippen molar-refractivity contribution in [3.05, 3.63) is 44.3 Å². The maximum atomic E-state index is 12.0. The number of aromatic nitrogens is 1. The summed E-state index contributed by atoms with van der Waals surface area (Å²) >= 11 is 13.1. The minimum absolute atomic E-state index is 0.308. The molecule has 0 aliphatic carbocycles. The Bertz CT molecular complexity index is 581. The van der Waals surface area contributed by atoms with Gasteiger partial charge in [-0.1, -0.05) is 23.2 Å². The van der Waals surface area contributed by atoms with Crippen LogP contribution in [0.5, 0.6) is 0 Å². The summed E-state index contributed by atoms with van der Waals surface area (Å²) in [6.07, 6.45) is 0. The highest BCUT2D eigenvalue weighted by molar-refractivity contribution is 7.09. The second kappa shape index (κ2) is 6.34. The van der Waals surface area contributed by atoms with Gasteiger partial charge in [-0.15, -0.1) is 11.3 Å². The van der Waals surface area contributed by atoms with E-state index in [4.69, 9.17) is 27.9 Å². The molecule has 0 saturated heterocycles. The number of nitrogens with zero attached hydrogens (tertiary/aromatic N) is 1. The van der Waals surface area contributed by atoms with Crippen LogP contribution in [-0.2, 0) is 11.3 Å². The summed E-state index contributed by atoms with van der Waals surface area (Å²) in [5.74, 6) is -0.308. The Hall–Kier alpha value is -1.14. The fourth-order valence-corrected chi connectivity index (χ4v) is 2.70. The molecule has 0 aliphatic heterocycles. The van der Waals surface area contributed by atoms with Gasteiger partial charge in [-0.05, 0) is 18.2 Å². The minimum atomic E-state index is -0.308. The molecule has 100 valence electrons. The second-order valence-electron chi connectivity index (χ2n) is 3.67. The summed E-state index contributed by atoms with van der Waals surface area (Å²) in [7, 11) is 1.58. The molecule has 19 heavy (non-hydrogen) atoms. The summed E-state index contributed by atoms with van der Waals surface area (Å²) in [6.45, 7) is 0.390. The lowest BCUT2D eigenvalue weighted by atomic mass is 10.3. The molecular weight excluding hydrogens is 307 g/mol. The largest absolute Gasteiger partial charge is 0.378 e. The van der Waals surface area contributed by atoms with Gasteiger partial charge in [0.1, 0.15) is 10.7 Å². The number of anilines is 1. The number of amides is 1. The van der Waals surface area contributed by atoms with Crippen LogP contribution in [-0.4, -0.2) is 18.0 Å². The quantitative estimate of drug-likeness (QED) is 0.932.